The van der Waals surface area contributed by atoms with Crippen LogP contribution in [0.3, 0.4) is 0 Å². The van der Waals surface area contributed by atoms with Crippen molar-refractivity contribution in [3.63, 3.8) is 0 Å². The van der Waals surface area contributed by atoms with E-state index in [-0.39, 0.29) is 0 Å². The number of ether oxygens (including phenoxy) is 1. The highest BCUT2D eigenvalue weighted by Crippen LogP contribution is 2.26. The van der Waals surface area contributed by atoms with E-state index in [1.54, 1.807) is 24.5 Å². The monoisotopic (exact) mass is 235 g/mol. The van der Waals surface area contributed by atoms with Gasteiger partial charge in [-0.15, -0.1) is 11.3 Å². The van der Waals surface area contributed by atoms with Gasteiger partial charge in [0.05, 0.1) is 5.69 Å². The average molecular weight is 235 g/mol. The summed E-state index contributed by atoms with van der Waals surface area (Å²) in [7, 11) is 1.61. The van der Waals surface area contributed by atoms with Crippen LogP contribution in [-0.4, -0.2) is 17.1 Å². The third-order valence-corrected chi connectivity index (χ3v) is 3.05. The van der Waals surface area contributed by atoms with Crippen LogP contribution in [-0.2, 0) is 11.3 Å². The minimum Gasteiger partial charge on any atom is -0.384 e. The molecule has 0 fully saturated rings. The number of nitrogen functional groups attached to an aromatic ring is 1. The number of rotatable bonds is 3. The Morgan fingerprint density at radius 1 is 1.44 bits per heavy atom. The number of aromatic nitrogens is 2. The molecule has 0 aliphatic carbocycles. The predicted octanol–water partition coefficient (Wildman–Crippen LogP) is 2.24. The molecule has 2 aromatic heterocycles. The van der Waals surface area contributed by atoms with E-state index in [1.807, 2.05) is 11.4 Å². The van der Waals surface area contributed by atoms with Gasteiger partial charge in [-0.1, -0.05) is 0 Å². The molecular weight excluding hydrogens is 222 g/mol. The second kappa shape index (κ2) is 4.59. The molecule has 0 spiro atoms. The van der Waals surface area contributed by atoms with Gasteiger partial charge in [0.25, 0.3) is 0 Å². The van der Waals surface area contributed by atoms with Crippen molar-refractivity contribution in [2.75, 3.05) is 12.8 Å². The molecule has 4 nitrogen and oxygen atoms in total. The van der Waals surface area contributed by atoms with Crippen LogP contribution < -0.4 is 5.73 Å². The van der Waals surface area contributed by atoms with Crippen molar-refractivity contribution in [2.24, 2.45) is 0 Å². The first kappa shape index (κ1) is 11.0. The maximum Gasteiger partial charge on any atom is 0.157 e. The standard InChI is InChI=1S/C11H13N3OS/c1-7-8(3-4-16-7)9-5-10(12)14-11(13-9)6-15-2/h3-5H,6H2,1-2H3,(H2,12,13,14). The molecule has 2 heterocycles. The summed E-state index contributed by atoms with van der Waals surface area (Å²) in [6, 6.07) is 3.83. The Balaban J connectivity index is 2.45. The van der Waals surface area contributed by atoms with Gasteiger partial charge in [0, 0.05) is 23.6 Å². The highest BCUT2D eigenvalue weighted by Gasteiger charge is 2.08. The van der Waals surface area contributed by atoms with E-state index in [0.717, 1.165) is 11.3 Å². The van der Waals surface area contributed by atoms with Gasteiger partial charge in [-0.05, 0) is 18.4 Å². The van der Waals surface area contributed by atoms with Crippen molar-refractivity contribution in [3.8, 4) is 11.3 Å². The van der Waals surface area contributed by atoms with E-state index in [0.29, 0.717) is 18.2 Å². The predicted molar refractivity (Wildman–Crippen MR) is 65.2 cm³/mol. The Morgan fingerprint density at radius 3 is 2.88 bits per heavy atom. The van der Waals surface area contributed by atoms with E-state index >= 15 is 0 Å². The van der Waals surface area contributed by atoms with Gasteiger partial charge in [0.1, 0.15) is 12.4 Å². The molecule has 0 saturated heterocycles. The lowest BCUT2D eigenvalue weighted by atomic mass is 10.2. The summed E-state index contributed by atoms with van der Waals surface area (Å²) < 4.78 is 5.01. The number of thiophene rings is 1. The fraction of sp³-hybridized carbons (Fsp3) is 0.273. The summed E-state index contributed by atoms with van der Waals surface area (Å²) in [5.41, 5.74) is 7.71. The van der Waals surface area contributed by atoms with Crippen molar-refractivity contribution in [3.05, 3.63) is 28.2 Å². The first-order chi connectivity index (χ1) is 7.70. The molecule has 16 heavy (non-hydrogen) atoms. The Labute approximate surface area is 98.1 Å². The largest absolute Gasteiger partial charge is 0.384 e. The number of nitrogens with zero attached hydrogens (tertiary/aromatic N) is 2. The SMILES string of the molecule is COCc1nc(N)cc(-c2ccsc2C)n1. The van der Waals surface area contributed by atoms with Crippen LogP contribution in [0.1, 0.15) is 10.7 Å². The molecule has 0 unspecified atom stereocenters. The normalized spacial score (nSPS) is 10.6. The summed E-state index contributed by atoms with van der Waals surface area (Å²) in [4.78, 5) is 9.75. The van der Waals surface area contributed by atoms with Crippen LogP contribution in [0.2, 0.25) is 0 Å². The Kier molecular flexibility index (Phi) is 3.17. The van der Waals surface area contributed by atoms with Gasteiger partial charge < -0.3 is 10.5 Å². The molecule has 0 atom stereocenters. The summed E-state index contributed by atoms with van der Waals surface area (Å²) in [5, 5.41) is 2.04. The first-order valence-corrected chi connectivity index (χ1v) is 5.75. The zero-order chi connectivity index (χ0) is 11.5. The fourth-order valence-electron chi connectivity index (χ4n) is 1.50. The highest BCUT2D eigenvalue weighted by atomic mass is 32.1. The average Bonchev–Trinajstić information content (AvgIpc) is 2.64. The minimum atomic E-state index is 0.376. The third-order valence-electron chi connectivity index (χ3n) is 2.20. The molecule has 0 amide bonds. The van der Waals surface area contributed by atoms with Gasteiger partial charge >= 0.3 is 0 Å². The molecule has 2 rings (SSSR count). The molecule has 0 saturated carbocycles. The third kappa shape index (κ3) is 2.20. The number of anilines is 1. The fourth-order valence-corrected chi connectivity index (χ4v) is 2.21. The lowest BCUT2D eigenvalue weighted by Crippen LogP contribution is -2.02. The molecule has 0 bridgehead atoms. The summed E-state index contributed by atoms with van der Waals surface area (Å²) in [6.45, 7) is 2.44. The van der Waals surface area contributed by atoms with Crippen LogP contribution in [0.5, 0.6) is 0 Å². The molecule has 2 aromatic rings. The van der Waals surface area contributed by atoms with E-state index in [1.165, 1.54) is 4.88 Å². The highest BCUT2D eigenvalue weighted by molar-refractivity contribution is 7.10. The Bertz CT molecular complexity index is 496. The van der Waals surface area contributed by atoms with Crippen LogP contribution >= 0.6 is 11.3 Å². The summed E-state index contributed by atoms with van der Waals surface area (Å²) in [6.07, 6.45) is 0. The second-order valence-corrected chi connectivity index (χ2v) is 4.54. The van der Waals surface area contributed by atoms with Crippen molar-refractivity contribution in [1.29, 1.82) is 0 Å². The maximum absolute atomic E-state index is 5.74. The topological polar surface area (TPSA) is 61.0 Å². The zero-order valence-corrected chi connectivity index (χ0v) is 10.0. The van der Waals surface area contributed by atoms with Gasteiger partial charge in [-0.3, -0.25) is 0 Å². The number of nitrogens with two attached hydrogens (primary N) is 1. The van der Waals surface area contributed by atoms with Crippen molar-refractivity contribution in [1.82, 2.24) is 9.97 Å². The maximum atomic E-state index is 5.74. The van der Waals surface area contributed by atoms with Crippen LogP contribution in [0.4, 0.5) is 5.82 Å². The summed E-state index contributed by atoms with van der Waals surface area (Å²) in [5.74, 6) is 1.09. The molecule has 0 radical (unpaired) electrons. The molecular formula is C11H13N3OS. The zero-order valence-electron chi connectivity index (χ0n) is 9.23. The van der Waals surface area contributed by atoms with Gasteiger partial charge in [0.15, 0.2) is 5.82 Å². The van der Waals surface area contributed by atoms with E-state index in [4.69, 9.17) is 10.5 Å². The first-order valence-electron chi connectivity index (χ1n) is 4.87. The van der Waals surface area contributed by atoms with Gasteiger partial charge in [-0.2, -0.15) is 0 Å². The van der Waals surface area contributed by atoms with Gasteiger partial charge in [0.2, 0.25) is 0 Å². The smallest absolute Gasteiger partial charge is 0.157 e. The van der Waals surface area contributed by atoms with Crippen LogP contribution in [0.15, 0.2) is 17.5 Å². The van der Waals surface area contributed by atoms with Crippen molar-refractivity contribution >= 4 is 17.2 Å². The number of hydrogen-bond donors (Lipinski definition) is 1. The Morgan fingerprint density at radius 2 is 2.25 bits per heavy atom. The Hall–Kier alpha value is -1.46. The van der Waals surface area contributed by atoms with Crippen LogP contribution in [0.25, 0.3) is 11.3 Å². The van der Waals surface area contributed by atoms with E-state index < -0.39 is 0 Å². The lowest BCUT2D eigenvalue weighted by Gasteiger charge is -2.04. The number of hydrogen-bond acceptors (Lipinski definition) is 5. The molecule has 2 N–H and O–H groups in total. The summed E-state index contributed by atoms with van der Waals surface area (Å²) >= 11 is 1.69. The number of aryl methyl sites for hydroxylation is 1. The number of methoxy groups -OCH3 is 1. The molecule has 5 heteroatoms. The van der Waals surface area contributed by atoms with E-state index in [2.05, 4.69) is 16.9 Å². The minimum absolute atomic E-state index is 0.376. The van der Waals surface area contributed by atoms with Gasteiger partial charge in [-0.25, -0.2) is 9.97 Å². The quantitative estimate of drug-likeness (QED) is 0.886. The van der Waals surface area contributed by atoms with Crippen molar-refractivity contribution in [2.45, 2.75) is 13.5 Å². The van der Waals surface area contributed by atoms with Crippen molar-refractivity contribution < 1.29 is 4.74 Å². The molecule has 84 valence electrons. The van der Waals surface area contributed by atoms with E-state index in [9.17, 15) is 0 Å². The van der Waals surface area contributed by atoms with Crippen LogP contribution in [0, 0.1) is 6.92 Å². The molecule has 0 aromatic carbocycles. The molecule has 0 aliphatic heterocycles. The molecule has 0 aliphatic rings. The lowest BCUT2D eigenvalue weighted by molar-refractivity contribution is 0.178. The second-order valence-electron chi connectivity index (χ2n) is 3.42.